The molecular weight excluding hydrogens is 182 g/mol. The van der Waals surface area contributed by atoms with Crippen molar-refractivity contribution in [1.29, 1.82) is 0 Å². The van der Waals surface area contributed by atoms with E-state index in [2.05, 4.69) is 5.32 Å². The van der Waals surface area contributed by atoms with Crippen molar-refractivity contribution in [1.82, 2.24) is 5.32 Å². The molecule has 0 saturated carbocycles. The van der Waals surface area contributed by atoms with E-state index < -0.39 is 12.0 Å². The van der Waals surface area contributed by atoms with E-state index in [-0.39, 0.29) is 11.3 Å². The smallest absolute Gasteiger partial charge is 0.325 e. The zero-order valence-corrected chi connectivity index (χ0v) is 9.26. The third kappa shape index (κ3) is 6.46. The normalized spacial score (nSPS) is 13.4. The second-order valence-electron chi connectivity index (χ2n) is 4.69. The Bertz CT molecular complexity index is 218. The number of carbonyl (C=O) groups excluding carboxylic acids is 1. The summed E-state index contributed by atoms with van der Waals surface area (Å²) in [6.45, 7) is 7.58. The molecule has 0 radical (unpaired) electrons. The van der Waals surface area contributed by atoms with Crippen LogP contribution in [0.25, 0.3) is 0 Å². The zero-order valence-electron chi connectivity index (χ0n) is 9.26. The molecule has 0 fully saturated rings. The van der Waals surface area contributed by atoms with Crippen molar-refractivity contribution in [3.8, 4) is 0 Å². The molecule has 0 aliphatic rings. The van der Waals surface area contributed by atoms with Crippen molar-refractivity contribution in [2.45, 2.75) is 46.6 Å². The zero-order chi connectivity index (χ0) is 11.4. The predicted octanol–water partition coefficient (Wildman–Crippen LogP) is 1.40. The lowest BCUT2D eigenvalue weighted by Gasteiger charge is -2.17. The van der Waals surface area contributed by atoms with Crippen LogP contribution < -0.4 is 5.32 Å². The molecule has 4 heteroatoms. The fourth-order valence-electron chi connectivity index (χ4n) is 0.864. The van der Waals surface area contributed by atoms with Gasteiger partial charge < -0.3 is 10.4 Å². The van der Waals surface area contributed by atoms with E-state index in [4.69, 9.17) is 5.11 Å². The summed E-state index contributed by atoms with van der Waals surface area (Å²) in [6.07, 6.45) is 1.13. The molecule has 0 saturated heterocycles. The molecule has 0 heterocycles. The van der Waals surface area contributed by atoms with Crippen LogP contribution in [0.15, 0.2) is 0 Å². The highest BCUT2D eigenvalue weighted by Crippen LogP contribution is 2.20. The minimum Gasteiger partial charge on any atom is -0.480 e. The van der Waals surface area contributed by atoms with Crippen molar-refractivity contribution >= 4 is 11.9 Å². The molecule has 0 aromatic heterocycles. The van der Waals surface area contributed by atoms with E-state index in [9.17, 15) is 9.59 Å². The fraction of sp³-hybridized carbons (Fsp3) is 0.800. The SMILES string of the molecule is CC(NC(=O)CCC(C)(C)C)C(=O)O. The maximum Gasteiger partial charge on any atom is 0.325 e. The van der Waals surface area contributed by atoms with Crippen molar-refractivity contribution in [3.63, 3.8) is 0 Å². The van der Waals surface area contributed by atoms with Crippen LogP contribution in [0.3, 0.4) is 0 Å². The molecule has 4 nitrogen and oxygen atoms in total. The minimum absolute atomic E-state index is 0.101. The van der Waals surface area contributed by atoms with Gasteiger partial charge in [-0.25, -0.2) is 0 Å². The molecule has 14 heavy (non-hydrogen) atoms. The summed E-state index contributed by atoms with van der Waals surface area (Å²) in [5.74, 6) is -1.20. The molecule has 1 amide bonds. The first-order chi connectivity index (χ1) is 6.22. The summed E-state index contributed by atoms with van der Waals surface area (Å²) in [5, 5.41) is 11.0. The lowest BCUT2D eigenvalue weighted by Crippen LogP contribution is -2.38. The van der Waals surface area contributed by atoms with Gasteiger partial charge in [0.25, 0.3) is 0 Å². The highest BCUT2D eigenvalue weighted by atomic mass is 16.4. The van der Waals surface area contributed by atoms with Crippen LogP contribution in [0.5, 0.6) is 0 Å². The maximum absolute atomic E-state index is 11.2. The van der Waals surface area contributed by atoms with Gasteiger partial charge in [-0.05, 0) is 18.8 Å². The fourth-order valence-corrected chi connectivity index (χ4v) is 0.864. The summed E-state index contributed by atoms with van der Waals surface area (Å²) in [6, 6.07) is -0.803. The van der Waals surface area contributed by atoms with Gasteiger partial charge in [0.2, 0.25) is 5.91 Å². The Morgan fingerprint density at radius 1 is 1.36 bits per heavy atom. The lowest BCUT2D eigenvalue weighted by atomic mass is 9.90. The Morgan fingerprint density at radius 3 is 2.21 bits per heavy atom. The quantitative estimate of drug-likeness (QED) is 0.722. The Balaban J connectivity index is 3.83. The van der Waals surface area contributed by atoms with Crippen molar-refractivity contribution in [2.24, 2.45) is 5.41 Å². The number of amides is 1. The molecule has 82 valence electrons. The topological polar surface area (TPSA) is 66.4 Å². The highest BCUT2D eigenvalue weighted by molar-refractivity contribution is 5.83. The van der Waals surface area contributed by atoms with Crippen LogP contribution in [0, 0.1) is 5.41 Å². The van der Waals surface area contributed by atoms with Crippen LogP contribution in [0.4, 0.5) is 0 Å². The highest BCUT2D eigenvalue weighted by Gasteiger charge is 2.16. The van der Waals surface area contributed by atoms with Gasteiger partial charge in [0, 0.05) is 6.42 Å². The van der Waals surface area contributed by atoms with E-state index >= 15 is 0 Å². The minimum atomic E-state index is -1.01. The molecule has 0 aromatic rings. The molecule has 0 aliphatic carbocycles. The second kappa shape index (κ2) is 4.98. The Hall–Kier alpha value is -1.06. The average molecular weight is 201 g/mol. The van der Waals surface area contributed by atoms with E-state index in [1.54, 1.807) is 0 Å². The standard InChI is InChI=1S/C10H19NO3/c1-7(9(13)14)11-8(12)5-6-10(2,3)4/h7H,5-6H2,1-4H3,(H,11,12)(H,13,14). The van der Waals surface area contributed by atoms with Gasteiger partial charge in [0.1, 0.15) is 6.04 Å². The predicted molar refractivity (Wildman–Crippen MR) is 53.9 cm³/mol. The van der Waals surface area contributed by atoms with Crippen LogP contribution in [-0.2, 0) is 9.59 Å². The van der Waals surface area contributed by atoms with Gasteiger partial charge in [0.15, 0.2) is 0 Å². The van der Waals surface area contributed by atoms with Gasteiger partial charge >= 0.3 is 5.97 Å². The van der Waals surface area contributed by atoms with E-state index in [1.165, 1.54) is 6.92 Å². The average Bonchev–Trinajstić information content (AvgIpc) is 1.99. The van der Waals surface area contributed by atoms with E-state index in [0.717, 1.165) is 6.42 Å². The first-order valence-electron chi connectivity index (χ1n) is 4.74. The third-order valence-corrected chi connectivity index (χ3v) is 1.85. The summed E-state index contributed by atoms with van der Waals surface area (Å²) >= 11 is 0. The van der Waals surface area contributed by atoms with Crippen LogP contribution in [0.1, 0.15) is 40.5 Å². The molecule has 0 aromatic carbocycles. The van der Waals surface area contributed by atoms with Crippen molar-refractivity contribution in [2.75, 3.05) is 0 Å². The summed E-state index contributed by atoms with van der Waals surface area (Å²) in [5.41, 5.74) is 0.101. The van der Waals surface area contributed by atoms with E-state index in [1.807, 2.05) is 20.8 Å². The summed E-state index contributed by atoms with van der Waals surface area (Å²) in [7, 11) is 0. The molecule has 1 unspecified atom stereocenters. The molecule has 2 N–H and O–H groups in total. The monoisotopic (exact) mass is 201 g/mol. The Kier molecular flexibility index (Phi) is 4.60. The number of nitrogens with one attached hydrogen (secondary N) is 1. The molecule has 0 aliphatic heterocycles. The maximum atomic E-state index is 11.2. The van der Waals surface area contributed by atoms with Crippen LogP contribution in [-0.4, -0.2) is 23.0 Å². The second-order valence-corrected chi connectivity index (χ2v) is 4.69. The number of carboxylic acids is 1. The molecule has 0 rings (SSSR count). The van der Waals surface area contributed by atoms with Gasteiger partial charge in [-0.3, -0.25) is 9.59 Å². The molecular formula is C10H19NO3. The summed E-state index contributed by atoms with van der Waals surface area (Å²) < 4.78 is 0. The number of hydrogen-bond donors (Lipinski definition) is 2. The number of aliphatic carboxylic acids is 1. The largest absolute Gasteiger partial charge is 0.480 e. The van der Waals surface area contributed by atoms with Gasteiger partial charge in [-0.15, -0.1) is 0 Å². The van der Waals surface area contributed by atoms with Crippen LogP contribution >= 0.6 is 0 Å². The Morgan fingerprint density at radius 2 is 1.86 bits per heavy atom. The van der Waals surface area contributed by atoms with E-state index in [0.29, 0.717) is 6.42 Å². The van der Waals surface area contributed by atoms with Crippen molar-refractivity contribution in [3.05, 3.63) is 0 Å². The van der Waals surface area contributed by atoms with Gasteiger partial charge in [-0.2, -0.15) is 0 Å². The number of carboxylic acid groups (broad SMARTS) is 1. The Labute approximate surface area is 84.7 Å². The van der Waals surface area contributed by atoms with Crippen molar-refractivity contribution < 1.29 is 14.7 Å². The molecule has 0 spiro atoms. The number of hydrogen-bond acceptors (Lipinski definition) is 2. The van der Waals surface area contributed by atoms with Gasteiger partial charge in [0.05, 0.1) is 0 Å². The first-order valence-corrected chi connectivity index (χ1v) is 4.74. The molecule has 1 atom stereocenters. The summed E-state index contributed by atoms with van der Waals surface area (Å²) in [4.78, 5) is 21.7. The number of rotatable bonds is 4. The third-order valence-electron chi connectivity index (χ3n) is 1.85. The van der Waals surface area contributed by atoms with Crippen LogP contribution in [0.2, 0.25) is 0 Å². The number of carbonyl (C=O) groups is 2. The lowest BCUT2D eigenvalue weighted by molar-refractivity contribution is -0.141. The molecule has 0 bridgehead atoms. The van der Waals surface area contributed by atoms with Gasteiger partial charge in [-0.1, -0.05) is 20.8 Å². The first kappa shape index (κ1) is 12.9.